The molecule has 2 atom stereocenters. The Morgan fingerprint density at radius 1 is 1.59 bits per heavy atom. The summed E-state index contributed by atoms with van der Waals surface area (Å²) in [5.74, 6) is -1.85. The number of rotatable bonds is 5. The van der Waals surface area contributed by atoms with Crippen molar-refractivity contribution in [1.29, 1.82) is 0 Å². The zero-order chi connectivity index (χ0) is 13.0. The third kappa shape index (κ3) is 3.34. The number of benzene rings is 1. The molecule has 4 nitrogen and oxygen atoms in total. The van der Waals surface area contributed by atoms with Crippen LogP contribution in [0.4, 0.5) is 4.39 Å². The predicted molar refractivity (Wildman–Crippen MR) is 61.1 cm³/mol. The maximum atomic E-state index is 13.5. The molecule has 0 bridgehead atoms. The topological polar surface area (TPSA) is 63.6 Å². The van der Waals surface area contributed by atoms with Crippen LogP contribution in [0.5, 0.6) is 0 Å². The van der Waals surface area contributed by atoms with Crippen LogP contribution in [-0.2, 0) is 15.5 Å². The molecule has 0 saturated heterocycles. The van der Waals surface area contributed by atoms with E-state index in [9.17, 15) is 13.4 Å². The molecular formula is C11H13FO4S. The van der Waals surface area contributed by atoms with Gasteiger partial charge in [-0.15, -0.1) is 0 Å². The minimum absolute atomic E-state index is 0.0839. The second kappa shape index (κ2) is 5.88. The molecule has 0 aliphatic carbocycles. The Bertz CT molecular complexity index is 447. The normalized spacial score (nSPS) is 14.3. The molecule has 94 valence electrons. The minimum atomic E-state index is -1.63. The Balaban J connectivity index is 3.07. The van der Waals surface area contributed by atoms with E-state index in [1.165, 1.54) is 7.11 Å². The Morgan fingerprint density at radius 3 is 2.76 bits per heavy atom. The number of hydrogen-bond acceptors (Lipinski definition) is 3. The summed E-state index contributed by atoms with van der Waals surface area (Å²) >= 11 is 0. The minimum Gasteiger partial charge on any atom is -0.478 e. The quantitative estimate of drug-likeness (QED) is 0.874. The van der Waals surface area contributed by atoms with E-state index in [-0.39, 0.29) is 17.1 Å². The van der Waals surface area contributed by atoms with Crippen molar-refractivity contribution in [3.8, 4) is 0 Å². The molecule has 0 spiro atoms. The number of methoxy groups -OCH3 is 1. The van der Waals surface area contributed by atoms with Gasteiger partial charge < -0.3 is 9.84 Å². The average Bonchev–Trinajstić information content (AvgIpc) is 2.28. The summed E-state index contributed by atoms with van der Waals surface area (Å²) < 4.78 is 30.2. The van der Waals surface area contributed by atoms with Crippen molar-refractivity contribution in [1.82, 2.24) is 0 Å². The third-order valence-electron chi connectivity index (χ3n) is 2.16. The van der Waals surface area contributed by atoms with E-state index < -0.39 is 27.8 Å². The molecule has 0 heterocycles. The van der Waals surface area contributed by atoms with Gasteiger partial charge in [0.15, 0.2) is 0 Å². The van der Waals surface area contributed by atoms with Gasteiger partial charge in [-0.25, -0.2) is 9.18 Å². The molecule has 1 rings (SSSR count). The smallest absolute Gasteiger partial charge is 0.335 e. The van der Waals surface area contributed by atoms with E-state index >= 15 is 0 Å². The van der Waals surface area contributed by atoms with Crippen LogP contribution in [0, 0.1) is 5.82 Å². The van der Waals surface area contributed by atoms with Gasteiger partial charge in [-0.1, -0.05) is 0 Å². The Hall–Kier alpha value is -1.27. The van der Waals surface area contributed by atoms with Gasteiger partial charge in [0.05, 0.1) is 33.1 Å². The molecule has 0 aliphatic heterocycles. The Kier molecular flexibility index (Phi) is 4.77. The first-order valence-electron chi connectivity index (χ1n) is 4.89. The largest absolute Gasteiger partial charge is 0.478 e. The SMILES string of the molecule is COCC(C)S(=O)c1cc(C(=O)O)ccc1F. The van der Waals surface area contributed by atoms with Gasteiger partial charge in [0.2, 0.25) is 0 Å². The lowest BCUT2D eigenvalue weighted by Gasteiger charge is -2.11. The highest BCUT2D eigenvalue weighted by atomic mass is 32.2. The third-order valence-corrected chi connectivity index (χ3v) is 3.78. The van der Waals surface area contributed by atoms with Crippen molar-refractivity contribution < 1.29 is 23.2 Å². The molecule has 0 radical (unpaired) electrons. The highest BCUT2D eigenvalue weighted by Gasteiger charge is 2.18. The van der Waals surface area contributed by atoms with Gasteiger partial charge in [-0.2, -0.15) is 0 Å². The molecule has 0 fully saturated rings. The van der Waals surface area contributed by atoms with Crippen LogP contribution in [-0.4, -0.2) is 34.3 Å². The first-order chi connectivity index (χ1) is 7.97. The molecule has 0 amide bonds. The van der Waals surface area contributed by atoms with Crippen LogP contribution in [0.1, 0.15) is 17.3 Å². The average molecular weight is 260 g/mol. The van der Waals surface area contributed by atoms with Gasteiger partial charge in [0.1, 0.15) is 5.82 Å². The summed E-state index contributed by atoms with van der Waals surface area (Å²) in [6.07, 6.45) is 0. The van der Waals surface area contributed by atoms with E-state index in [1.807, 2.05) is 0 Å². The van der Waals surface area contributed by atoms with Gasteiger partial charge in [0.25, 0.3) is 0 Å². The Morgan fingerprint density at radius 2 is 2.24 bits per heavy atom. The van der Waals surface area contributed by atoms with Crippen LogP contribution < -0.4 is 0 Å². The maximum Gasteiger partial charge on any atom is 0.335 e. The van der Waals surface area contributed by atoms with Crippen LogP contribution in [0.3, 0.4) is 0 Å². The number of hydrogen-bond donors (Lipinski definition) is 1. The lowest BCUT2D eigenvalue weighted by Crippen LogP contribution is -2.18. The lowest BCUT2D eigenvalue weighted by atomic mass is 10.2. The van der Waals surface area contributed by atoms with Crippen molar-refractivity contribution in [3.05, 3.63) is 29.6 Å². The van der Waals surface area contributed by atoms with E-state index in [0.717, 1.165) is 18.2 Å². The van der Waals surface area contributed by atoms with Crippen molar-refractivity contribution >= 4 is 16.8 Å². The maximum absolute atomic E-state index is 13.5. The van der Waals surface area contributed by atoms with Gasteiger partial charge in [-0.3, -0.25) is 4.21 Å². The number of carboxylic acid groups (broad SMARTS) is 1. The summed E-state index contributed by atoms with van der Waals surface area (Å²) in [6, 6.07) is 3.25. The highest BCUT2D eigenvalue weighted by Crippen LogP contribution is 2.18. The van der Waals surface area contributed by atoms with Crippen molar-refractivity contribution in [2.45, 2.75) is 17.1 Å². The second-order valence-electron chi connectivity index (χ2n) is 3.51. The Labute approximate surface area is 101 Å². The van der Waals surface area contributed by atoms with Crippen LogP contribution in [0.15, 0.2) is 23.1 Å². The summed E-state index contributed by atoms with van der Waals surface area (Å²) in [5.41, 5.74) is -0.0839. The molecule has 17 heavy (non-hydrogen) atoms. The first kappa shape index (κ1) is 13.8. The molecule has 1 N–H and O–H groups in total. The standard InChI is InChI=1S/C11H13FO4S/c1-7(6-16-2)17(15)10-5-8(11(13)14)3-4-9(10)12/h3-5,7H,6H2,1-2H3,(H,13,14). The number of halogens is 1. The van der Waals surface area contributed by atoms with Crippen molar-refractivity contribution in [2.75, 3.05) is 13.7 Å². The number of carboxylic acids is 1. The van der Waals surface area contributed by atoms with E-state index in [2.05, 4.69) is 0 Å². The fourth-order valence-electron chi connectivity index (χ4n) is 1.30. The fourth-order valence-corrected chi connectivity index (χ4v) is 2.50. The van der Waals surface area contributed by atoms with Gasteiger partial charge in [0, 0.05) is 7.11 Å². The molecule has 6 heteroatoms. The first-order valence-corrected chi connectivity index (χ1v) is 6.11. The molecule has 0 saturated carbocycles. The second-order valence-corrected chi connectivity index (χ2v) is 5.35. The van der Waals surface area contributed by atoms with Gasteiger partial charge >= 0.3 is 5.97 Å². The number of carbonyl (C=O) groups is 1. The summed E-state index contributed by atoms with van der Waals surface area (Å²) in [5, 5.41) is 8.37. The van der Waals surface area contributed by atoms with E-state index in [0.29, 0.717) is 0 Å². The van der Waals surface area contributed by atoms with E-state index in [1.54, 1.807) is 6.92 Å². The van der Waals surface area contributed by atoms with Crippen LogP contribution >= 0.6 is 0 Å². The summed E-state index contributed by atoms with van der Waals surface area (Å²) in [6.45, 7) is 1.86. The zero-order valence-corrected chi connectivity index (χ0v) is 10.3. The highest BCUT2D eigenvalue weighted by molar-refractivity contribution is 7.85. The molecule has 2 unspecified atom stereocenters. The molecule has 0 aromatic heterocycles. The van der Waals surface area contributed by atoms with E-state index in [4.69, 9.17) is 9.84 Å². The summed E-state index contributed by atoms with van der Waals surface area (Å²) in [7, 11) is -0.174. The van der Waals surface area contributed by atoms with Crippen LogP contribution in [0.2, 0.25) is 0 Å². The van der Waals surface area contributed by atoms with Crippen molar-refractivity contribution in [2.24, 2.45) is 0 Å². The molecule has 0 aliphatic rings. The zero-order valence-electron chi connectivity index (χ0n) is 9.47. The predicted octanol–water partition coefficient (Wildman–Crippen LogP) is 1.67. The number of aromatic carboxylic acids is 1. The summed E-state index contributed by atoms with van der Waals surface area (Å²) in [4.78, 5) is 10.6. The lowest BCUT2D eigenvalue weighted by molar-refractivity contribution is 0.0696. The van der Waals surface area contributed by atoms with Gasteiger partial charge in [-0.05, 0) is 25.1 Å². The van der Waals surface area contributed by atoms with Crippen LogP contribution in [0.25, 0.3) is 0 Å². The van der Waals surface area contributed by atoms with Crippen molar-refractivity contribution in [3.63, 3.8) is 0 Å². The monoisotopic (exact) mass is 260 g/mol. The fraction of sp³-hybridized carbons (Fsp3) is 0.364. The molecular weight excluding hydrogens is 247 g/mol. The molecule has 1 aromatic carbocycles. The number of ether oxygens (including phenoxy) is 1. The molecule has 1 aromatic rings.